The molecule has 0 bridgehead atoms. The molecular weight excluding hydrogens is 612 g/mol. The van der Waals surface area contributed by atoms with Crippen LogP contribution in [0.2, 0.25) is 0 Å². The zero-order chi connectivity index (χ0) is 35.0. The standard InChI is InChI=1S/C37H56N4O7.H2/c1-35(2,3)48-34(45)39-22-24(31(42)38-30-12-9-10-17-36(30,4)5)20-25(23-39)32(43)41(26-13-14-26)27-15-16-29-28(21-27)40(18-11-19-46-8)33(44)37(6,7)47-29;/h15-16,21,24-26,30H,9-14,17-20,22-23H2,1-8H3,(H,38,42);1H/t24-,25+,30-;/m0./s1. The molecule has 1 saturated heterocycles. The molecule has 1 N–H and O–H groups in total. The predicted molar refractivity (Wildman–Crippen MR) is 186 cm³/mol. The fourth-order valence-corrected chi connectivity index (χ4v) is 7.34. The van der Waals surface area contributed by atoms with Crippen molar-refractivity contribution in [3.05, 3.63) is 18.2 Å². The van der Waals surface area contributed by atoms with Crippen LogP contribution in [0.25, 0.3) is 0 Å². The number of anilines is 2. The summed E-state index contributed by atoms with van der Waals surface area (Å²) in [5, 5.41) is 3.31. The molecule has 4 amide bonds. The minimum Gasteiger partial charge on any atom is -0.476 e. The number of nitrogens with zero attached hydrogens (tertiary/aromatic N) is 3. The molecule has 1 aromatic rings. The Morgan fingerprint density at radius 3 is 2.42 bits per heavy atom. The first kappa shape index (κ1) is 36.0. The summed E-state index contributed by atoms with van der Waals surface area (Å²) in [7, 11) is 1.64. The molecule has 48 heavy (non-hydrogen) atoms. The molecule has 3 fully saturated rings. The van der Waals surface area contributed by atoms with Crippen molar-refractivity contribution in [2.75, 3.05) is 43.2 Å². The number of methoxy groups -OCH3 is 1. The van der Waals surface area contributed by atoms with E-state index in [1.54, 1.807) is 25.9 Å². The van der Waals surface area contributed by atoms with Gasteiger partial charge in [0.1, 0.15) is 11.4 Å². The van der Waals surface area contributed by atoms with E-state index >= 15 is 0 Å². The normalized spacial score (nSPS) is 25.1. The number of ether oxygens (including phenoxy) is 3. The zero-order valence-electron chi connectivity index (χ0n) is 30.2. The van der Waals surface area contributed by atoms with Crippen molar-refractivity contribution in [3.63, 3.8) is 0 Å². The number of hydrogen-bond donors (Lipinski definition) is 1. The molecule has 11 heteroatoms. The minimum absolute atomic E-state index is 0. The Bertz CT molecular complexity index is 1390. The van der Waals surface area contributed by atoms with Gasteiger partial charge < -0.3 is 34.2 Å². The molecule has 2 aliphatic heterocycles. The van der Waals surface area contributed by atoms with Crippen molar-refractivity contribution < 1.29 is 34.8 Å². The smallest absolute Gasteiger partial charge is 0.410 e. The second kappa shape index (κ2) is 13.9. The van der Waals surface area contributed by atoms with Gasteiger partial charge >= 0.3 is 6.09 Å². The number of benzene rings is 1. The van der Waals surface area contributed by atoms with E-state index in [1.807, 2.05) is 43.9 Å². The van der Waals surface area contributed by atoms with Crippen molar-refractivity contribution >= 4 is 35.2 Å². The molecule has 0 spiro atoms. The number of fused-ring (bicyclic) bond motifs is 1. The van der Waals surface area contributed by atoms with Crippen molar-refractivity contribution in [2.24, 2.45) is 17.3 Å². The van der Waals surface area contributed by atoms with Crippen molar-refractivity contribution in [1.82, 2.24) is 10.2 Å². The van der Waals surface area contributed by atoms with Gasteiger partial charge in [-0.2, -0.15) is 0 Å². The topological polar surface area (TPSA) is 118 Å². The number of rotatable bonds is 9. The summed E-state index contributed by atoms with van der Waals surface area (Å²) in [6.45, 7) is 14.7. The fourth-order valence-electron chi connectivity index (χ4n) is 7.34. The fraction of sp³-hybridized carbons (Fsp3) is 0.730. The number of hydrogen-bond acceptors (Lipinski definition) is 7. The van der Waals surface area contributed by atoms with Crippen LogP contribution < -0.4 is 19.9 Å². The van der Waals surface area contributed by atoms with Gasteiger partial charge in [-0.25, -0.2) is 4.79 Å². The van der Waals surface area contributed by atoms with Crippen LogP contribution in [0.15, 0.2) is 18.2 Å². The third-order valence-electron chi connectivity index (χ3n) is 10.2. The predicted octanol–water partition coefficient (Wildman–Crippen LogP) is 5.93. The molecule has 0 unspecified atom stereocenters. The quantitative estimate of drug-likeness (QED) is 0.324. The molecule has 268 valence electrons. The largest absolute Gasteiger partial charge is 0.476 e. The summed E-state index contributed by atoms with van der Waals surface area (Å²) < 4.78 is 17.1. The molecule has 5 rings (SSSR count). The van der Waals surface area contributed by atoms with E-state index in [9.17, 15) is 19.2 Å². The zero-order valence-corrected chi connectivity index (χ0v) is 30.2. The van der Waals surface area contributed by atoms with Gasteiger partial charge in [0.25, 0.3) is 5.91 Å². The van der Waals surface area contributed by atoms with Gasteiger partial charge in [0, 0.05) is 52.5 Å². The first-order valence-electron chi connectivity index (χ1n) is 17.8. The summed E-state index contributed by atoms with van der Waals surface area (Å²) in [4.78, 5) is 60.5. The molecule has 2 heterocycles. The number of likely N-dealkylation sites (tertiary alicyclic amines) is 1. The lowest BCUT2D eigenvalue weighted by atomic mass is 9.73. The van der Waals surface area contributed by atoms with Gasteiger partial charge in [0.05, 0.1) is 17.5 Å². The second-order valence-corrected chi connectivity index (χ2v) is 16.3. The number of carbonyl (C=O) groups excluding carboxylic acids is 4. The number of amides is 4. The van der Waals surface area contributed by atoms with Crippen LogP contribution in [0.1, 0.15) is 101 Å². The Morgan fingerprint density at radius 1 is 1.06 bits per heavy atom. The van der Waals surface area contributed by atoms with Crippen LogP contribution in [0.5, 0.6) is 5.75 Å². The Labute approximate surface area is 287 Å². The Kier molecular flexibility index (Phi) is 10.4. The van der Waals surface area contributed by atoms with E-state index in [0.29, 0.717) is 43.1 Å². The molecule has 4 aliphatic rings. The van der Waals surface area contributed by atoms with Crippen molar-refractivity contribution in [3.8, 4) is 5.75 Å². The van der Waals surface area contributed by atoms with Gasteiger partial charge in [0.2, 0.25) is 11.8 Å². The van der Waals surface area contributed by atoms with E-state index in [0.717, 1.165) is 38.5 Å². The van der Waals surface area contributed by atoms with Gasteiger partial charge in [-0.1, -0.05) is 26.7 Å². The highest BCUT2D eigenvalue weighted by Gasteiger charge is 2.46. The summed E-state index contributed by atoms with van der Waals surface area (Å²) >= 11 is 0. The Hall–Kier alpha value is -3.34. The maximum absolute atomic E-state index is 14.6. The second-order valence-electron chi connectivity index (χ2n) is 16.3. The van der Waals surface area contributed by atoms with E-state index in [4.69, 9.17) is 14.2 Å². The van der Waals surface area contributed by atoms with E-state index < -0.39 is 29.1 Å². The summed E-state index contributed by atoms with van der Waals surface area (Å²) in [5.41, 5.74) is -0.463. The minimum atomic E-state index is -1.02. The highest BCUT2D eigenvalue weighted by Crippen LogP contribution is 2.43. The summed E-state index contributed by atoms with van der Waals surface area (Å²) in [6, 6.07) is 5.63. The number of nitrogens with one attached hydrogen (secondary N) is 1. The SMILES string of the molecule is COCCCN1C(=O)C(C)(C)Oc2ccc(N(C(=O)[C@@H]3C[C@H](C(=O)N[C@H]4CCCCC4(C)C)CN(C(=O)OC(C)(C)C)C3)C3CC3)cc21.[HH]. The Morgan fingerprint density at radius 2 is 1.77 bits per heavy atom. The van der Waals surface area contributed by atoms with Crippen LogP contribution in [-0.4, -0.2) is 85.4 Å². The highest BCUT2D eigenvalue weighted by atomic mass is 16.6. The molecule has 0 aromatic heterocycles. The maximum Gasteiger partial charge on any atom is 0.410 e. The molecule has 0 radical (unpaired) electrons. The summed E-state index contributed by atoms with van der Waals surface area (Å²) in [5.74, 6) is -0.962. The van der Waals surface area contributed by atoms with Gasteiger partial charge in [0.15, 0.2) is 5.60 Å². The lowest BCUT2D eigenvalue weighted by Crippen LogP contribution is -2.56. The first-order valence-corrected chi connectivity index (χ1v) is 17.8. The molecule has 2 aliphatic carbocycles. The van der Waals surface area contributed by atoms with Gasteiger partial charge in [-0.15, -0.1) is 0 Å². The number of carbonyl (C=O) groups is 4. The molecule has 2 saturated carbocycles. The lowest BCUT2D eigenvalue weighted by molar-refractivity contribution is -0.133. The maximum atomic E-state index is 14.6. The van der Waals surface area contributed by atoms with Crippen molar-refractivity contribution in [2.45, 2.75) is 123 Å². The molecular formula is C37H58N4O7. The van der Waals surface area contributed by atoms with Crippen LogP contribution in [0.3, 0.4) is 0 Å². The van der Waals surface area contributed by atoms with Gasteiger partial charge in [-0.3, -0.25) is 14.4 Å². The average Bonchev–Trinajstić information content (AvgIpc) is 3.84. The molecule has 1 aromatic carbocycles. The monoisotopic (exact) mass is 670 g/mol. The molecule has 3 atom stereocenters. The third-order valence-corrected chi connectivity index (χ3v) is 10.2. The van der Waals surface area contributed by atoms with Crippen LogP contribution >= 0.6 is 0 Å². The van der Waals surface area contributed by atoms with Gasteiger partial charge in [-0.05, 0) is 96.8 Å². The summed E-state index contributed by atoms with van der Waals surface area (Å²) in [6.07, 6.45) is 6.35. The van der Waals surface area contributed by atoms with Crippen LogP contribution in [0.4, 0.5) is 16.2 Å². The van der Waals surface area contributed by atoms with Crippen LogP contribution in [0, 0.1) is 17.3 Å². The lowest BCUT2D eigenvalue weighted by Gasteiger charge is -2.42. The van der Waals surface area contributed by atoms with Crippen molar-refractivity contribution in [1.29, 1.82) is 0 Å². The van der Waals surface area contributed by atoms with E-state index in [1.165, 1.54) is 4.90 Å². The Balaban J connectivity index is 0.00000541. The highest BCUT2D eigenvalue weighted by molar-refractivity contribution is 6.04. The molecule has 11 nitrogen and oxygen atoms in total. The van der Waals surface area contributed by atoms with E-state index in [-0.39, 0.29) is 49.7 Å². The van der Waals surface area contributed by atoms with E-state index in [2.05, 4.69) is 19.2 Å². The third kappa shape index (κ3) is 8.09. The number of piperidine rings is 1. The average molecular weight is 671 g/mol. The first-order chi connectivity index (χ1) is 22.5. The van der Waals surface area contributed by atoms with Crippen LogP contribution in [-0.2, 0) is 23.9 Å².